The largest absolute Gasteiger partial charge is 0.478 e. The zero-order valence-corrected chi connectivity index (χ0v) is 11.2. The number of carboxylic acid groups (broad SMARTS) is 1. The number of nitrogens with zero attached hydrogens (tertiary/aromatic N) is 2. The SMILES string of the molecule is CCCOCCc1nc(-c2cccc(C(=O)O)c2)no1. The van der Waals surface area contributed by atoms with Crippen LogP contribution >= 0.6 is 0 Å². The third-order valence-electron chi connectivity index (χ3n) is 2.64. The van der Waals surface area contributed by atoms with E-state index in [2.05, 4.69) is 10.1 Å². The van der Waals surface area contributed by atoms with E-state index in [1.54, 1.807) is 12.1 Å². The molecule has 0 atom stereocenters. The van der Waals surface area contributed by atoms with E-state index in [0.717, 1.165) is 6.42 Å². The first-order valence-corrected chi connectivity index (χ1v) is 6.44. The Balaban J connectivity index is 2.04. The molecular weight excluding hydrogens is 260 g/mol. The number of carboxylic acids is 1. The zero-order valence-electron chi connectivity index (χ0n) is 11.2. The van der Waals surface area contributed by atoms with Gasteiger partial charge in [0.2, 0.25) is 11.7 Å². The molecule has 20 heavy (non-hydrogen) atoms. The Morgan fingerprint density at radius 2 is 2.25 bits per heavy atom. The van der Waals surface area contributed by atoms with Crippen molar-refractivity contribution in [3.63, 3.8) is 0 Å². The van der Waals surface area contributed by atoms with Gasteiger partial charge in [-0.05, 0) is 18.6 Å². The van der Waals surface area contributed by atoms with Crippen molar-refractivity contribution in [3.8, 4) is 11.4 Å². The van der Waals surface area contributed by atoms with E-state index in [1.807, 2.05) is 6.92 Å². The van der Waals surface area contributed by atoms with E-state index in [4.69, 9.17) is 14.4 Å². The van der Waals surface area contributed by atoms with Crippen molar-refractivity contribution in [3.05, 3.63) is 35.7 Å². The minimum Gasteiger partial charge on any atom is -0.478 e. The number of aromatic nitrogens is 2. The third-order valence-corrected chi connectivity index (χ3v) is 2.64. The Morgan fingerprint density at radius 1 is 1.40 bits per heavy atom. The normalized spacial score (nSPS) is 10.7. The van der Waals surface area contributed by atoms with Crippen LogP contribution in [0.15, 0.2) is 28.8 Å². The minimum absolute atomic E-state index is 0.195. The second kappa shape index (κ2) is 6.81. The van der Waals surface area contributed by atoms with Crippen LogP contribution in [0.1, 0.15) is 29.6 Å². The summed E-state index contributed by atoms with van der Waals surface area (Å²) in [6, 6.07) is 6.43. The van der Waals surface area contributed by atoms with Gasteiger partial charge in [-0.2, -0.15) is 4.98 Å². The fraction of sp³-hybridized carbons (Fsp3) is 0.357. The van der Waals surface area contributed by atoms with E-state index in [-0.39, 0.29) is 5.56 Å². The highest BCUT2D eigenvalue weighted by Crippen LogP contribution is 2.17. The lowest BCUT2D eigenvalue weighted by molar-refractivity contribution is 0.0697. The predicted molar refractivity (Wildman–Crippen MR) is 71.5 cm³/mol. The molecule has 0 bridgehead atoms. The topological polar surface area (TPSA) is 85.5 Å². The number of ether oxygens (including phenoxy) is 1. The Hall–Kier alpha value is -2.21. The van der Waals surface area contributed by atoms with E-state index >= 15 is 0 Å². The second-order valence-electron chi connectivity index (χ2n) is 4.26. The summed E-state index contributed by atoms with van der Waals surface area (Å²) in [6.45, 7) is 3.28. The van der Waals surface area contributed by atoms with Gasteiger partial charge in [0.15, 0.2) is 0 Å². The van der Waals surface area contributed by atoms with Gasteiger partial charge in [-0.1, -0.05) is 24.2 Å². The average Bonchev–Trinajstić information content (AvgIpc) is 2.92. The van der Waals surface area contributed by atoms with Crippen LogP contribution in [0.4, 0.5) is 0 Å². The van der Waals surface area contributed by atoms with Gasteiger partial charge >= 0.3 is 5.97 Å². The van der Waals surface area contributed by atoms with Crippen molar-refractivity contribution in [1.29, 1.82) is 0 Å². The van der Waals surface area contributed by atoms with Gasteiger partial charge in [0.05, 0.1) is 18.6 Å². The number of benzene rings is 1. The minimum atomic E-state index is -0.983. The van der Waals surface area contributed by atoms with E-state index in [1.165, 1.54) is 12.1 Å². The molecule has 2 rings (SSSR count). The molecule has 0 saturated carbocycles. The average molecular weight is 276 g/mol. The summed E-state index contributed by atoms with van der Waals surface area (Å²) in [5.41, 5.74) is 0.814. The lowest BCUT2D eigenvalue weighted by atomic mass is 10.1. The van der Waals surface area contributed by atoms with Gasteiger partial charge in [-0.25, -0.2) is 4.79 Å². The predicted octanol–water partition coefficient (Wildman–Crippen LogP) is 2.40. The molecule has 6 heteroatoms. The second-order valence-corrected chi connectivity index (χ2v) is 4.26. The number of carbonyl (C=O) groups is 1. The van der Waals surface area contributed by atoms with Gasteiger partial charge < -0.3 is 14.4 Å². The highest BCUT2D eigenvalue weighted by molar-refractivity contribution is 5.89. The first-order chi connectivity index (χ1) is 9.70. The number of aromatic carboxylic acids is 1. The fourth-order valence-electron chi connectivity index (χ4n) is 1.67. The molecule has 106 valence electrons. The Kier molecular flexibility index (Phi) is 4.84. The first kappa shape index (κ1) is 14.2. The summed E-state index contributed by atoms with van der Waals surface area (Å²) >= 11 is 0. The molecule has 0 unspecified atom stereocenters. The number of hydrogen-bond acceptors (Lipinski definition) is 5. The fourth-order valence-corrected chi connectivity index (χ4v) is 1.67. The quantitative estimate of drug-likeness (QED) is 0.781. The Bertz CT molecular complexity index is 580. The zero-order chi connectivity index (χ0) is 14.4. The van der Waals surface area contributed by atoms with E-state index in [9.17, 15) is 4.79 Å². The summed E-state index contributed by atoms with van der Waals surface area (Å²) in [4.78, 5) is 15.1. The molecule has 0 aliphatic carbocycles. The molecule has 6 nitrogen and oxygen atoms in total. The monoisotopic (exact) mass is 276 g/mol. The molecule has 2 aromatic rings. The maximum Gasteiger partial charge on any atom is 0.335 e. The van der Waals surface area contributed by atoms with Crippen molar-refractivity contribution in [1.82, 2.24) is 10.1 Å². The molecule has 0 amide bonds. The van der Waals surface area contributed by atoms with Gasteiger partial charge in [0.1, 0.15) is 0 Å². The van der Waals surface area contributed by atoms with Crippen LogP contribution in [0, 0.1) is 0 Å². The molecular formula is C14H16N2O4. The Morgan fingerprint density at radius 3 is 3.00 bits per heavy atom. The van der Waals surface area contributed by atoms with Gasteiger partial charge in [-0.3, -0.25) is 0 Å². The number of hydrogen-bond donors (Lipinski definition) is 1. The van der Waals surface area contributed by atoms with Gasteiger partial charge in [0, 0.05) is 12.2 Å². The van der Waals surface area contributed by atoms with Crippen LogP contribution in [0.3, 0.4) is 0 Å². The van der Waals surface area contributed by atoms with Gasteiger partial charge in [-0.15, -0.1) is 0 Å². The number of rotatable bonds is 7. The van der Waals surface area contributed by atoms with Gasteiger partial charge in [0.25, 0.3) is 0 Å². The summed E-state index contributed by atoms with van der Waals surface area (Å²) in [5.74, 6) is -0.112. The highest BCUT2D eigenvalue weighted by atomic mass is 16.5. The maximum atomic E-state index is 10.9. The molecule has 1 N–H and O–H groups in total. The summed E-state index contributed by atoms with van der Waals surface area (Å²) < 4.78 is 10.5. The smallest absolute Gasteiger partial charge is 0.335 e. The molecule has 0 aliphatic heterocycles. The summed E-state index contributed by atoms with van der Waals surface area (Å²) in [6.07, 6.45) is 1.52. The van der Waals surface area contributed by atoms with Crippen molar-refractivity contribution in [2.24, 2.45) is 0 Å². The lowest BCUT2D eigenvalue weighted by Crippen LogP contribution is -1.99. The van der Waals surface area contributed by atoms with Crippen LogP contribution in [-0.4, -0.2) is 34.4 Å². The van der Waals surface area contributed by atoms with Crippen molar-refractivity contribution < 1.29 is 19.2 Å². The van der Waals surface area contributed by atoms with Crippen LogP contribution in [0.2, 0.25) is 0 Å². The van der Waals surface area contributed by atoms with E-state index < -0.39 is 5.97 Å². The standard InChI is InChI=1S/C14H16N2O4/c1-2-7-19-8-6-12-15-13(16-20-12)10-4-3-5-11(9-10)14(17)18/h3-5,9H,2,6-8H2,1H3,(H,17,18). The molecule has 0 radical (unpaired) electrons. The molecule has 0 fully saturated rings. The first-order valence-electron chi connectivity index (χ1n) is 6.44. The summed E-state index contributed by atoms with van der Waals surface area (Å²) in [7, 11) is 0. The molecule has 1 aromatic carbocycles. The van der Waals surface area contributed by atoms with Crippen LogP contribution in [0.5, 0.6) is 0 Å². The van der Waals surface area contributed by atoms with E-state index in [0.29, 0.717) is 36.9 Å². The highest BCUT2D eigenvalue weighted by Gasteiger charge is 2.10. The van der Waals surface area contributed by atoms with Crippen LogP contribution in [0.25, 0.3) is 11.4 Å². The molecule has 0 saturated heterocycles. The lowest BCUT2D eigenvalue weighted by Gasteiger charge is -1.98. The molecule has 1 aromatic heterocycles. The molecule has 1 heterocycles. The maximum absolute atomic E-state index is 10.9. The summed E-state index contributed by atoms with van der Waals surface area (Å²) in [5, 5.41) is 12.8. The van der Waals surface area contributed by atoms with Crippen molar-refractivity contribution in [2.45, 2.75) is 19.8 Å². The van der Waals surface area contributed by atoms with Crippen molar-refractivity contribution >= 4 is 5.97 Å². The molecule has 0 aliphatic rings. The Labute approximate surface area is 116 Å². The third kappa shape index (κ3) is 3.64. The molecule has 0 spiro atoms. The van der Waals surface area contributed by atoms with Crippen LogP contribution < -0.4 is 0 Å². The van der Waals surface area contributed by atoms with Crippen LogP contribution in [-0.2, 0) is 11.2 Å². The van der Waals surface area contributed by atoms with Crippen molar-refractivity contribution in [2.75, 3.05) is 13.2 Å².